The van der Waals surface area contributed by atoms with Crippen LogP contribution in [0.15, 0.2) is 24.3 Å². The van der Waals surface area contributed by atoms with E-state index in [1.54, 1.807) is 6.07 Å². The van der Waals surface area contributed by atoms with Crippen LogP contribution in [0.3, 0.4) is 0 Å². The van der Waals surface area contributed by atoms with Crippen LogP contribution in [0.1, 0.15) is 31.4 Å². The highest BCUT2D eigenvalue weighted by Gasteiger charge is 2.38. The van der Waals surface area contributed by atoms with Gasteiger partial charge in [-0.1, -0.05) is 32.0 Å². The summed E-state index contributed by atoms with van der Waals surface area (Å²) in [5.74, 6) is 0.563. The molecule has 0 spiro atoms. The van der Waals surface area contributed by atoms with Gasteiger partial charge in [0, 0.05) is 13.1 Å². The lowest BCUT2D eigenvalue weighted by molar-refractivity contribution is -0.137. The minimum atomic E-state index is -4.25. The molecule has 2 rings (SSSR count). The van der Waals surface area contributed by atoms with Gasteiger partial charge in [0.25, 0.3) is 0 Å². The van der Waals surface area contributed by atoms with Crippen molar-refractivity contribution in [2.45, 2.75) is 32.9 Å². The maximum absolute atomic E-state index is 12.7. The third-order valence-corrected chi connectivity index (χ3v) is 3.67. The first-order valence-electron chi connectivity index (χ1n) is 6.68. The fraction of sp³-hybridized carbons (Fsp3) is 0.600. The van der Waals surface area contributed by atoms with E-state index in [0.717, 1.165) is 37.6 Å². The van der Waals surface area contributed by atoms with Crippen LogP contribution in [0.5, 0.6) is 0 Å². The zero-order chi connectivity index (χ0) is 14.1. The van der Waals surface area contributed by atoms with Gasteiger partial charge in [-0.25, -0.2) is 0 Å². The number of benzene rings is 1. The Bertz CT molecular complexity index is 433. The zero-order valence-electron chi connectivity index (χ0n) is 11.3. The van der Waals surface area contributed by atoms with Crippen molar-refractivity contribution < 1.29 is 13.2 Å². The Morgan fingerprint density at radius 3 is 2.42 bits per heavy atom. The normalized spacial score (nSPS) is 18.4. The lowest BCUT2D eigenvalue weighted by Crippen LogP contribution is -2.55. The molecule has 19 heavy (non-hydrogen) atoms. The summed E-state index contributed by atoms with van der Waals surface area (Å²) in [6.07, 6.45) is -2.47. The van der Waals surface area contributed by atoms with E-state index >= 15 is 0 Å². The Kier molecular flexibility index (Phi) is 3.90. The fourth-order valence-corrected chi connectivity index (χ4v) is 2.98. The fourth-order valence-electron chi connectivity index (χ4n) is 2.98. The van der Waals surface area contributed by atoms with Crippen LogP contribution in [-0.2, 0) is 12.6 Å². The van der Waals surface area contributed by atoms with E-state index in [2.05, 4.69) is 19.2 Å². The van der Waals surface area contributed by atoms with Gasteiger partial charge in [0.2, 0.25) is 0 Å². The number of rotatable bonds is 4. The van der Waals surface area contributed by atoms with Gasteiger partial charge in [0.1, 0.15) is 0 Å². The SMILES string of the molecule is CC(C)CC1(Cc2cccc(C(F)(F)F)c2)CNC1. The molecule has 0 amide bonds. The summed E-state index contributed by atoms with van der Waals surface area (Å²) in [7, 11) is 0. The third kappa shape index (κ3) is 3.50. The predicted octanol–water partition coefficient (Wildman–Crippen LogP) is 3.88. The average molecular weight is 271 g/mol. The molecule has 1 aliphatic heterocycles. The highest BCUT2D eigenvalue weighted by atomic mass is 19.4. The molecule has 4 heteroatoms. The summed E-state index contributed by atoms with van der Waals surface area (Å²) in [4.78, 5) is 0. The van der Waals surface area contributed by atoms with Crippen molar-refractivity contribution in [2.24, 2.45) is 11.3 Å². The van der Waals surface area contributed by atoms with E-state index < -0.39 is 11.7 Å². The molecule has 1 aliphatic rings. The molecule has 0 aromatic heterocycles. The highest BCUT2D eigenvalue weighted by Crippen LogP contribution is 2.36. The largest absolute Gasteiger partial charge is 0.416 e. The first-order valence-corrected chi connectivity index (χ1v) is 6.68. The van der Waals surface area contributed by atoms with Crippen molar-refractivity contribution in [1.29, 1.82) is 0 Å². The third-order valence-electron chi connectivity index (χ3n) is 3.67. The van der Waals surface area contributed by atoms with Crippen LogP contribution in [-0.4, -0.2) is 13.1 Å². The summed E-state index contributed by atoms with van der Waals surface area (Å²) in [5.41, 5.74) is 0.382. The van der Waals surface area contributed by atoms with E-state index in [0.29, 0.717) is 5.92 Å². The monoisotopic (exact) mass is 271 g/mol. The molecule has 1 heterocycles. The first-order chi connectivity index (χ1) is 8.81. The van der Waals surface area contributed by atoms with E-state index in [1.807, 2.05) is 0 Å². The molecule has 1 nitrogen and oxygen atoms in total. The molecule has 1 N–H and O–H groups in total. The van der Waals surface area contributed by atoms with Gasteiger partial charge in [0.15, 0.2) is 0 Å². The molecule has 1 aromatic rings. The Morgan fingerprint density at radius 1 is 1.26 bits per heavy atom. The summed E-state index contributed by atoms with van der Waals surface area (Å²) >= 11 is 0. The minimum absolute atomic E-state index is 0.137. The van der Waals surface area contributed by atoms with E-state index in [9.17, 15) is 13.2 Å². The van der Waals surface area contributed by atoms with Crippen molar-refractivity contribution in [3.8, 4) is 0 Å². The molecule has 106 valence electrons. The van der Waals surface area contributed by atoms with Gasteiger partial charge in [-0.2, -0.15) is 13.2 Å². The second kappa shape index (κ2) is 5.16. The van der Waals surface area contributed by atoms with Crippen LogP contribution in [0.2, 0.25) is 0 Å². The van der Waals surface area contributed by atoms with Gasteiger partial charge in [0.05, 0.1) is 5.56 Å². The zero-order valence-corrected chi connectivity index (χ0v) is 11.3. The van der Waals surface area contributed by atoms with Gasteiger partial charge in [-0.15, -0.1) is 0 Å². The number of halogens is 3. The second-order valence-electron chi connectivity index (χ2n) is 6.08. The average Bonchev–Trinajstić information content (AvgIpc) is 2.24. The number of nitrogens with one attached hydrogen (secondary N) is 1. The Morgan fingerprint density at radius 2 is 1.95 bits per heavy atom. The standard InChI is InChI=1S/C15H20F3N/c1-11(2)7-14(9-19-10-14)8-12-4-3-5-13(6-12)15(16,17)18/h3-6,11,19H,7-10H2,1-2H3. The first kappa shape index (κ1) is 14.4. The number of alkyl halides is 3. The quantitative estimate of drug-likeness (QED) is 0.876. The van der Waals surface area contributed by atoms with Gasteiger partial charge in [-0.05, 0) is 35.8 Å². The molecule has 0 aliphatic carbocycles. The van der Waals surface area contributed by atoms with Gasteiger partial charge >= 0.3 is 6.18 Å². The molecule has 0 bridgehead atoms. The predicted molar refractivity (Wildman–Crippen MR) is 69.9 cm³/mol. The van der Waals surface area contributed by atoms with E-state index in [1.165, 1.54) is 12.1 Å². The van der Waals surface area contributed by atoms with Crippen molar-refractivity contribution >= 4 is 0 Å². The molecule has 1 aromatic carbocycles. The van der Waals surface area contributed by atoms with Crippen molar-refractivity contribution in [2.75, 3.05) is 13.1 Å². The summed E-state index contributed by atoms with van der Waals surface area (Å²) in [6.45, 7) is 6.13. The molecule has 0 atom stereocenters. The van der Waals surface area contributed by atoms with Gasteiger partial charge < -0.3 is 5.32 Å². The Hall–Kier alpha value is -1.03. The van der Waals surface area contributed by atoms with Crippen LogP contribution < -0.4 is 5.32 Å². The second-order valence-corrected chi connectivity index (χ2v) is 6.08. The molecule has 0 radical (unpaired) electrons. The maximum Gasteiger partial charge on any atom is 0.416 e. The van der Waals surface area contributed by atoms with Crippen LogP contribution in [0, 0.1) is 11.3 Å². The smallest absolute Gasteiger partial charge is 0.316 e. The Balaban J connectivity index is 2.14. The lowest BCUT2D eigenvalue weighted by atomic mass is 9.71. The van der Waals surface area contributed by atoms with Crippen LogP contribution in [0.4, 0.5) is 13.2 Å². The van der Waals surface area contributed by atoms with Crippen molar-refractivity contribution in [3.63, 3.8) is 0 Å². The van der Waals surface area contributed by atoms with Crippen molar-refractivity contribution in [1.82, 2.24) is 5.32 Å². The highest BCUT2D eigenvalue weighted by molar-refractivity contribution is 5.27. The molecule has 0 saturated carbocycles. The summed E-state index contributed by atoms with van der Waals surface area (Å²) in [5, 5.41) is 3.25. The number of hydrogen-bond acceptors (Lipinski definition) is 1. The van der Waals surface area contributed by atoms with Gasteiger partial charge in [-0.3, -0.25) is 0 Å². The Labute approximate surface area is 112 Å². The van der Waals surface area contributed by atoms with Crippen molar-refractivity contribution in [3.05, 3.63) is 35.4 Å². The molecular formula is C15H20F3N. The van der Waals surface area contributed by atoms with E-state index in [-0.39, 0.29) is 5.41 Å². The molecule has 1 saturated heterocycles. The van der Waals surface area contributed by atoms with E-state index in [4.69, 9.17) is 0 Å². The summed E-state index contributed by atoms with van der Waals surface area (Å²) in [6, 6.07) is 5.74. The molecule has 0 unspecified atom stereocenters. The molecular weight excluding hydrogens is 251 g/mol. The van der Waals surface area contributed by atoms with Crippen LogP contribution >= 0.6 is 0 Å². The lowest BCUT2D eigenvalue weighted by Gasteiger charge is -2.44. The maximum atomic E-state index is 12.7. The van der Waals surface area contributed by atoms with Crippen LogP contribution in [0.25, 0.3) is 0 Å². The number of hydrogen-bond donors (Lipinski definition) is 1. The topological polar surface area (TPSA) is 12.0 Å². The minimum Gasteiger partial charge on any atom is -0.316 e. The summed E-state index contributed by atoms with van der Waals surface area (Å²) < 4.78 is 38.1. The molecule has 1 fully saturated rings.